The van der Waals surface area contributed by atoms with E-state index in [4.69, 9.17) is 5.73 Å². The maximum Gasteiger partial charge on any atom is 0.283 e. The number of anilines is 1. The second-order valence-corrected chi connectivity index (χ2v) is 6.75. The maximum atomic E-state index is 12.2. The van der Waals surface area contributed by atoms with Crippen LogP contribution in [0.1, 0.15) is 34.1 Å². The summed E-state index contributed by atoms with van der Waals surface area (Å²) in [6, 6.07) is 0.147. The summed E-state index contributed by atoms with van der Waals surface area (Å²) < 4.78 is 2.01. The smallest absolute Gasteiger partial charge is 0.283 e. The number of halogens is 1. The van der Waals surface area contributed by atoms with Crippen LogP contribution in [0, 0.1) is 11.8 Å². The standard InChI is InChI=1S/C14H25BrN4O/c1-9(2)5-11(6-16)18-12-7-17-19(8-10(3)4)14(20)13(12)15/h7,9-11,18H,5-6,8,16H2,1-4H3. The molecule has 0 spiro atoms. The number of nitrogens with zero attached hydrogens (tertiary/aromatic N) is 2. The summed E-state index contributed by atoms with van der Waals surface area (Å²) in [6.07, 6.45) is 2.65. The normalized spacial score (nSPS) is 13.0. The van der Waals surface area contributed by atoms with Gasteiger partial charge in [-0.3, -0.25) is 4.79 Å². The van der Waals surface area contributed by atoms with Crippen molar-refractivity contribution in [2.45, 2.75) is 46.7 Å². The molecule has 3 N–H and O–H groups in total. The molecule has 0 aliphatic heterocycles. The van der Waals surface area contributed by atoms with Crippen LogP contribution in [0.5, 0.6) is 0 Å². The van der Waals surface area contributed by atoms with Gasteiger partial charge in [0.25, 0.3) is 5.56 Å². The minimum absolute atomic E-state index is 0.107. The molecule has 1 unspecified atom stereocenters. The molecule has 0 radical (unpaired) electrons. The SMILES string of the molecule is CC(C)CC(CN)Nc1cnn(CC(C)C)c(=O)c1Br. The Kier molecular flexibility index (Phi) is 6.68. The largest absolute Gasteiger partial charge is 0.379 e. The van der Waals surface area contributed by atoms with Gasteiger partial charge in [-0.05, 0) is 34.2 Å². The van der Waals surface area contributed by atoms with E-state index in [1.54, 1.807) is 6.20 Å². The summed E-state index contributed by atoms with van der Waals surface area (Å²) in [4.78, 5) is 12.2. The molecular weight excluding hydrogens is 320 g/mol. The van der Waals surface area contributed by atoms with Gasteiger partial charge in [-0.2, -0.15) is 5.10 Å². The summed E-state index contributed by atoms with van der Waals surface area (Å²) in [5, 5.41) is 7.52. The van der Waals surface area contributed by atoms with E-state index in [1.165, 1.54) is 4.68 Å². The van der Waals surface area contributed by atoms with Crippen molar-refractivity contribution in [2.24, 2.45) is 17.6 Å². The molecule has 1 rings (SSSR count). The third-order valence-electron chi connectivity index (χ3n) is 2.92. The first-order valence-corrected chi connectivity index (χ1v) is 7.86. The molecule has 0 aliphatic rings. The highest BCUT2D eigenvalue weighted by molar-refractivity contribution is 9.10. The highest BCUT2D eigenvalue weighted by Crippen LogP contribution is 2.19. The van der Waals surface area contributed by atoms with Crippen molar-refractivity contribution in [1.82, 2.24) is 9.78 Å². The molecule has 5 nitrogen and oxygen atoms in total. The zero-order chi connectivity index (χ0) is 15.3. The third-order valence-corrected chi connectivity index (χ3v) is 3.69. The molecule has 0 aliphatic carbocycles. The molecular formula is C14H25BrN4O. The zero-order valence-corrected chi connectivity index (χ0v) is 14.3. The molecule has 0 bridgehead atoms. The van der Waals surface area contributed by atoms with E-state index in [0.29, 0.717) is 35.1 Å². The first kappa shape index (κ1) is 17.2. The van der Waals surface area contributed by atoms with Gasteiger partial charge < -0.3 is 11.1 Å². The van der Waals surface area contributed by atoms with Crippen LogP contribution >= 0.6 is 15.9 Å². The highest BCUT2D eigenvalue weighted by Gasteiger charge is 2.14. The van der Waals surface area contributed by atoms with E-state index in [0.717, 1.165) is 6.42 Å². The first-order valence-electron chi connectivity index (χ1n) is 7.07. The fraction of sp³-hybridized carbons (Fsp3) is 0.714. The predicted molar refractivity (Wildman–Crippen MR) is 87.0 cm³/mol. The fourth-order valence-corrected chi connectivity index (χ4v) is 2.47. The molecule has 0 saturated heterocycles. The number of hydrogen-bond acceptors (Lipinski definition) is 4. The van der Waals surface area contributed by atoms with Crippen LogP contribution in [0.4, 0.5) is 5.69 Å². The van der Waals surface area contributed by atoms with Crippen LogP contribution in [0.25, 0.3) is 0 Å². The molecule has 0 aromatic carbocycles. The summed E-state index contributed by atoms with van der Waals surface area (Å²) in [7, 11) is 0. The van der Waals surface area contributed by atoms with Gasteiger partial charge in [-0.15, -0.1) is 0 Å². The van der Waals surface area contributed by atoms with Gasteiger partial charge in [0.15, 0.2) is 0 Å². The van der Waals surface area contributed by atoms with E-state index in [1.807, 2.05) is 0 Å². The zero-order valence-electron chi connectivity index (χ0n) is 12.7. The van der Waals surface area contributed by atoms with E-state index in [9.17, 15) is 4.79 Å². The second kappa shape index (κ2) is 7.78. The maximum absolute atomic E-state index is 12.2. The second-order valence-electron chi connectivity index (χ2n) is 5.96. The fourth-order valence-electron chi connectivity index (χ4n) is 2.04. The first-order chi connectivity index (χ1) is 9.35. The van der Waals surface area contributed by atoms with Crippen molar-refractivity contribution < 1.29 is 0 Å². The van der Waals surface area contributed by atoms with Crippen LogP contribution < -0.4 is 16.6 Å². The number of nitrogens with one attached hydrogen (secondary N) is 1. The number of rotatable bonds is 7. The molecule has 20 heavy (non-hydrogen) atoms. The van der Waals surface area contributed by atoms with E-state index in [-0.39, 0.29) is 11.6 Å². The number of aromatic nitrogens is 2. The van der Waals surface area contributed by atoms with Crippen molar-refractivity contribution >= 4 is 21.6 Å². The van der Waals surface area contributed by atoms with Gasteiger partial charge in [-0.25, -0.2) is 4.68 Å². The predicted octanol–water partition coefficient (Wildman–Crippen LogP) is 2.45. The van der Waals surface area contributed by atoms with Gasteiger partial charge in [-0.1, -0.05) is 27.7 Å². The highest BCUT2D eigenvalue weighted by atomic mass is 79.9. The molecule has 1 heterocycles. The Hall–Kier alpha value is -0.880. The van der Waals surface area contributed by atoms with Gasteiger partial charge in [0.2, 0.25) is 0 Å². The van der Waals surface area contributed by atoms with Crippen molar-refractivity contribution in [3.8, 4) is 0 Å². The van der Waals surface area contributed by atoms with Gasteiger partial charge in [0.05, 0.1) is 11.9 Å². The molecule has 0 saturated carbocycles. The lowest BCUT2D eigenvalue weighted by atomic mass is 10.0. The van der Waals surface area contributed by atoms with Crippen molar-refractivity contribution in [1.29, 1.82) is 0 Å². The lowest BCUT2D eigenvalue weighted by Gasteiger charge is -2.21. The van der Waals surface area contributed by atoms with Crippen molar-refractivity contribution in [3.05, 3.63) is 21.0 Å². The molecule has 6 heteroatoms. The molecule has 1 aromatic heterocycles. The Morgan fingerprint density at radius 3 is 2.50 bits per heavy atom. The molecule has 1 aromatic rings. The molecule has 0 amide bonds. The molecule has 0 fully saturated rings. The lowest BCUT2D eigenvalue weighted by Crippen LogP contribution is -2.32. The minimum Gasteiger partial charge on any atom is -0.379 e. The summed E-state index contributed by atoms with van der Waals surface area (Å²) >= 11 is 3.37. The van der Waals surface area contributed by atoms with Crippen molar-refractivity contribution in [3.63, 3.8) is 0 Å². The van der Waals surface area contributed by atoms with E-state index < -0.39 is 0 Å². The van der Waals surface area contributed by atoms with Gasteiger partial charge in [0.1, 0.15) is 4.47 Å². The summed E-state index contributed by atoms with van der Waals surface area (Å²) in [5.74, 6) is 0.924. The van der Waals surface area contributed by atoms with E-state index in [2.05, 4.69) is 54.0 Å². The topological polar surface area (TPSA) is 72.9 Å². The molecule has 1 atom stereocenters. The van der Waals surface area contributed by atoms with Crippen LogP contribution in [-0.4, -0.2) is 22.4 Å². The Bertz CT molecular complexity index is 485. The summed E-state index contributed by atoms with van der Waals surface area (Å²) in [5.41, 5.74) is 6.38. The van der Waals surface area contributed by atoms with Gasteiger partial charge >= 0.3 is 0 Å². The Morgan fingerprint density at radius 2 is 2.00 bits per heavy atom. The van der Waals surface area contributed by atoms with Gasteiger partial charge in [0, 0.05) is 19.1 Å². The Labute approximate surface area is 129 Å². The molecule has 114 valence electrons. The quantitative estimate of drug-likeness (QED) is 0.796. The third kappa shape index (κ3) is 4.90. The van der Waals surface area contributed by atoms with Crippen LogP contribution in [0.2, 0.25) is 0 Å². The van der Waals surface area contributed by atoms with Crippen molar-refractivity contribution in [2.75, 3.05) is 11.9 Å². The Balaban J connectivity index is 2.92. The van der Waals surface area contributed by atoms with Crippen LogP contribution in [-0.2, 0) is 6.54 Å². The van der Waals surface area contributed by atoms with Crippen LogP contribution in [0.3, 0.4) is 0 Å². The number of nitrogens with two attached hydrogens (primary N) is 1. The van der Waals surface area contributed by atoms with E-state index >= 15 is 0 Å². The number of hydrogen-bond donors (Lipinski definition) is 2. The average Bonchev–Trinajstić information content (AvgIpc) is 2.36. The monoisotopic (exact) mass is 344 g/mol. The summed E-state index contributed by atoms with van der Waals surface area (Å²) in [6.45, 7) is 9.56. The Morgan fingerprint density at radius 1 is 1.35 bits per heavy atom. The average molecular weight is 345 g/mol. The lowest BCUT2D eigenvalue weighted by molar-refractivity contribution is 0.462. The van der Waals surface area contributed by atoms with Crippen LogP contribution in [0.15, 0.2) is 15.5 Å². The minimum atomic E-state index is -0.107.